The fraction of sp³-hybridized carbons (Fsp3) is 0.250. The minimum Gasteiger partial charge on any atom is -0.327 e. The maximum atomic E-state index is 6.14. The van der Waals surface area contributed by atoms with E-state index in [2.05, 4.69) is 24.0 Å². The van der Waals surface area contributed by atoms with Gasteiger partial charge in [0.05, 0.1) is 5.52 Å². The third-order valence-electron chi connectivity index (χ3n) is 3.36. The monoisotopic (exact) mass is 315 g/mol. The standard InChI is InChI=1S/C16H17N3S2/c1-2-13(17)10-12-9-11-5-3-4-6-14(11)19-15(12)21-16-18-7-8-20-16/h3-9,13H,2,10,17H2,1H3. The maximum absolute atomic E-state index is 6.14. The number of nitrogens with zero attached hydrogens (tertiary/aromatic N) is 2. The Hall–Kier alpha value is -1.43. The quantitative estimate of drug-likeness (QED) is 0.769. The molecule has 21 heavy (non-hydrogen) atoms. The number of fused-ring (bicyclic) bond motifs is 1. The Balaban J connectivity index is 2.03. The molecule has 108 valence electrons. The minimum absolute atomic E-state index is 0.170. The summed E-state index contributed by atoms with van der Waals surface area (Å²) in [6, 6.07) is 10.6. The van der Waals surface area contributed by atoms with Gasteiger partial charge in [0.25, 0.3) is 0 Å². The number of nitrogens with two attached hydrogens (primary N) is 1. The SMILES string of the molecule is CCC(N)Cc1cc2ccccc2nc1Sc1nccs1. The van der Waals surface area contributed by atoms with E-state index in [4.69, 9.17) is 10.7 Å². The smallest absolute Gasteiger partial charge is 0.156 e. The Labute approximate surface area is 132 Å². The molecule has 2 heterocycles. The predicted octanol–water partition coefficient (Wildman–Crippen LogP) is 4.12. The molecule has 0 radical (unpaired) electrons. The first-order valence-corrected chi connectivity index (χ1v) is 8.67. The van der Waals surface area contributed by atoms with Crippen LogP contribution in [0.25, 0.3) is 10.9 Å². The zero-order valence-corrected chi connectivity index (χ0v) is 13.5. The third-order valence-corrected chi connectivity index (χ3v) is 5.29. The normalized spacial score (nSPS) is 12.7. The summed E-state index contributed by atoms with van der Waals surface area (Å²) in [5, 5.41) is 4.17. The molecule has 0 bridgehead atoms. The number of hydrogen-bond acceptors (Lipinski definition) is 5. The van der Waals surface area contributed by atoms with Gasteiger partial charge >= 0.3 is 0 Å². The molecule has 1 unspecified atom stereocenters. The molecule has 3 nitrogen and oxygen atoms in total. The minimum atomic E-state index is 0.170. The van der Waals surface area contributed by atoms with Crippen LogP contribution < -0.4 is 5.73 Å². The van der Waals surface area contributed by atoms with Crippen molar-refractivity contribution in [1.82, 2.24) is 9.97 Å². The average Bonchev–Trinajstić information content (AvgIpc) is 3.00. The van der Waals surface area contributed by atoms with Crippen molar-refractivity contribution in [3.63, 3.8) is 0 Å². The van der Waals surface area contributed by atoms with Gasteiger partial charge in [0, 0.05) is 23.0 Å². The van der Waals surface area contributed by atoms with Gasteiger partial charge in [0.2, 0.25) is 0 Å². The molecule has 0 spiro atoms. The number of aromatic nitrogens is 2. The predicted molar refractivity (Wildman–Crippen MR) is 90.0 cm³/mol. The fourth-order valence-electron chi connectivity index (χ4n) is 2.15. The van der Waals surface area contributed by atoms with Gasteiger partial charge in [-0.3, -0.25) is 0 Å². The highest BCUT2D eigenvalue weighted by atomic mass is 32.2. The van der Waals surface area contributed by atoms with Gasteiger partial charge in [-0.25, -0.2) is 9.97 Å². The van der Waals surface area contributed by atoms with Gasteiger partial charge in [0.1, 0.15) is 5.03 Å². The summed E-state index contributed by atoms with van der Waals surface area (Å²) in [7, 11) is 0. The lowest BCUT2D eigenvalue weighted by Gasteiger charge is -2.13. The zero-order valence-electron chi connectivity index (χ0n) is 11.8. The lowest BCUT2D eigenvalue weighted by molar-refractivity contribution is 0.638. The number of para-hydroxylation sites is 1. The molecule has 0 aliphatic heterocycles. The number of benzene rings is 1. The number of pyridine rings is 1. The number of hydrogen-bond donors (Lipinski definition) is 1. The molecule has 0 aliphatic rings. The van der Waals surface area contributed by atoms with Crippen LogP contribution in [0.5, 0.6) is 0 Å². The molecule has 2 N–H and O–H groups in total. The van der Waals surface area contributed by atoms with Crippen molar-refractivity contribution in [1.29, 1.82) is 0 Å². The average molecular weight is 315 g/mol. The fourth-order valence-corrected chi connectivity index (χ4v) is 3.80. The second kappa shape index (κ2) is 6.56. The highest BCUT2D eigenvalue weighted by Crippen LogP contribution is 2.32. The van der Waals surface area contributed by atoms with E-state index in [1.807, 2.05) is 29.8 Å². The maximum Gasteiger partial charge on any atom is 0.156 e. The number of rotatable bonds is 5. The lowest BCUT2D eigenvalue weighted by Crippen LogP contribution is -2.21. The highest BCUT2D eigenvalue weighted by Gasteiger charge is 2.12. The molecule has 5 heteroatoms. The van der Waals surface area contributed by atoms with Crippen molar-refractivity contribution < 1.29 is 0 Å². The summed E-state index contributed by atoms with van der Waals surface area (Å²) in [6.07, 6.45) is 3.64. The van der Waals surface area contributed by atoms with Crippen molar-refractivity contribution >= 4 is 34.0 Å². The van der Waals surface area contributed by atoms with Crippen LogP contribution in [0.4, 0.5) is 0 Å². The van der Waals surface area contributed by atoms with E-state index in [1.165, 1.54) is 10.9 Å². The van der Waals surface area contributed by atoms with E-state index in [0.717, 1.165) is 27.7 Å². The van der Waals surface area contributed by atoms with Crippen LogP contribution in [-0.2, 0) is 6.42 Å². The summed E-state index contributed by atoms with van der Waals surface area (Å²) >= 11 is 3.27. The largest absolute Gasteiger partial charge is 0.327 e. The Morgan fingerprint density at radius 3 is 2.95 bits per heavy atom. The van der Waals surface area contributed by atoms with Crippen LogP contribution in [0, 0.1) is 0 Å². The van der Waals surface area contributed by atoms with Crippen molar-refractivity contribution in [3.8, 4) is 0 Å². The van der Waals surface area contributed by atoms with E-state index in [-0.39, 0.29) is 6.04 Å². The molecular weight excluding hydrogens is 298 g/mol. The first-order valence-electron chi connectivity index (χ1n) is 6.98. The van der Waals surface area contributed by atoms with Crippen molar-refractivity contribution in [2.24, 2.45) is 5.73 Å². The van der Waals surface area contributed by atoms with Gasteiger partial charge in [0.15, 0.2) is 4.34 Å². The zero-order chi connectivity index (χ0) is 14.7. The number of thiazole rings is 1. The summed E-state index contributed by atoms with van der Waals surface area (Å²) in [4.78, 5) is 9.15. The van der Waals surface area contributed by atoms with Gasteiger partial charge < -0.3 is 5.73 Å². The summed E-state index contributed by atoms with van der Waals surface area (Å²) in [5.41, 5.74) is 8.37. The summed E-state index contributed by atoms with van der Waals surface area (Å²) < 4.78 is 1.02. The van der Waals surface area contributed by atoms with E-state index in [1.54, 1.807) is 23.1 Å². The van der Waals surface area contributed by atoms with Crippen LogP contribution in [0.15, 0.2) is 51.3 Å². The first-order chi connectivity index (χ1) is 10.3. The van der Waals surface area contributed by atoms with Crippen molar-refractivity contribution in [3.05, 3.63) is 47.5 Å². The molecule has 3 aromatic rings. The van der Waals surface area contributed by atoms with E-state index < -0.39 is 0 Å². The molecule has 0 aliphatic carbocycles. The Morgan fingerprint density at radius 2 is 2.19 bits per heavy atom. The topological polar surface area (TPSA) is 51.8 Å². The second-order valence-electron chi connectivity index (χ2n) is 4.92. The van der Waals surface area contributed by atoms with Crippen LogP contribution in [0.1, 0.15) is 18.9 Å². The van der Waals surface area contributed by atoms with Crippen molar-refractivity contribution in [2.45, 2.75) is 35.2 Å². The van der Waals surface area contributed by atoms with Gasteiger partial charge in [-0.1, -0.05) is 25.1 Å². The van der Waals surface area contributed by atoms with E-state index >= 15 is 0 Å². The van der Waals surface area contributed by atoms with Crippen LogP contribution >= 0.6 is 23.1 Å². The molecule has 0 amide bonds. The molecule has 1 atom stereocenters. The van der Waals surface area contributed by atoms with Crippen LogP contribution in [0.2, 0.25) is 0 Å². The Bertz CT molecular complexity index is 725. The molecule has 0 fully saturated rings. The van der Waals surface area contributed by atoms with E-state index in [0.29, 0.717) is 0 Å². The highest BCUT2D eigenvalue weighted by molar-refractivity contribution is 8.01. The van der Waals surface area contributed by atoms with E-state index in [9.17, 15) is 0 Å². The van der Waals surface area contributed by atoms with Gasteiger partial charge in [-0.15, -0.1) is 11.3 Å². The molecule has 1 aromatic carbocycles. The van der Waals surface area contributed by atoms with Crippen molar-refractivity contribution in [2.75, 3.05) is 0 Å². The Kier molecular flexibility index (Phi) is 4.53. The van der Waals surface area contributed by atoms with Crippen LogP contribution in [-0.4, -0.2) is 16.0 Å². The van der Waals surface area contributed by atoms with Crippen LogP contribution in [0.3, 0.4) is 0 Å². The van der Waals surface area contributed by atoms with Gasteiger partial charge in [-0.05, 0) is 42.3 Å². The lowest BCUT2D eigenvalue weighted by atomic mass is 10.0. The molecule has 0 saturated heterocycles. The second-order valence-corrected chi connectivity index (χ2v) is 7.05. The third kappa shape index (κ3) is 3.43. The molecule has 0 saturated carbocycles. The molecule has 3 rings (SSSR count). The van der Waals surface area contributed by atoms with Gasteiger partial charge in [-0.2, -0.15) is 0 Å². The Morgan fingerprint density at radius 1 is 1.33 bits per heavy atom. The summed E-state index contributed by atoms with van der Waals surface area (Å²) in [6.45, 7) is 2.12. The summed E-state index contributed by atoms with van der Waals surface area (Å²) in [5.74, 6) is 0. The molecule has 2 aromatic heterocycles. The first kappa shape index (κ1) is 14.5. The molecular formula is C16H17N3S2.